The molecule has 1 aromatic rings. The standard InChI is InChI=1S/C14H20N2/c1-14(4-5-14)10-16-7-11-2-3-12-8-15-9-13(12)6-11/h2-3,6,15-16H,4-5,7-10H2,1H3. The second-order valence-corrected chi connectivity index (χ2v) is 5.62. The van der Waals surface area contributed by atoms with E-state index in [9.17, 15) is 0 Å². The molecule has 0 aromatic heterocycles. The van der Waals surface area contributed by atoms with Crippen molar-refractivity contribution in [1.29, 1.82) is 0 Å². The molecule has 0 bridgehead atoms. The zero-order valence-corrected chi connectivity index (χ0v) is 9.97. The van der Waals surface area contributed by atoms with Crippen molar-refractivity contribution in [2.75, 3.05) is 6.54 Å². The highest BCUT2D eigenvalue weighted by Gasteiger charge is 2.36. The number of nitrogens with one attached hydrogen (secondary N) is 2. The molecule has 0 spiro atoms. The van der Waals surface area contributed by atoms with E-state index in [1.54, 1.807) is 0 Å². The number of fused-ring (bicyclic) bond motifs is 1. The highest BCUT2D eigenvalue weighted by molar-refractivity contribution is 5.34. The topological polar surface area (TPSA) is 24.1 Å². The van der Waals surface area contributed by atoms with Gasteiger partial charge < -0.3 is 10.6 Å². The van der Waals surface area contributed by atoms with Crippen LogP contribution in [0.4, 0.5) is 0 Å². The van der Waals surface area contributed by atoms with Crippen LogP contribution in [-0.2, 0) is 19.6 Å². The fourth-order valence-corrected chi connectivity index (χ4v) is 2.36. The summed E-state index contributed by atoms with van der Waals surface area (Å²) >= 11 is 0. The van der Waals surface area contributed by atoms with E-state index in [4.69, 9.17) is 0 Å². The van der Waals surface area contributed by atoms with Gasteiger partial charge in [-0.25, -0.2) is 0 Å². The quantitative estimate of drug-likeness (QED) is 0.806. The summed E-state index contributed by atoms with van der Waals surface area (Å²) in [4.78, 5) is 0. The Morgan fingerprint density at radius 1 is 1.25 bits per heavy atom. The first kappa shape index (κ1) is 10.3. The van der Waals surface area contributed by atoms with Gasteiger partial charge in [0.2, 0.25) is 0 Å². The van der Waals surface area contributed by atoms with Gasteiger partial charge in [0.25, 0.3) is 0 Å². The number of rotatable bonds is 4. The monoisotopic (exact) mass is 216 g/mol. The van der Waals surface area contributed by atoms with E-state index in [0.717, 1.165) is 19.6 Å². The van der Waals surface area contributed by atoms with Gasteiger partial charge in [-0.15, -0.1) is 0 Å². The summed E-state index contributed by atoms with van der Waals surface area (Å²) in [5.74, 6) is 0. The van der Waals surface area contributed by atoms with Crippen molar-refractivity contribution in [3.8, 4) is 0 Å². The van der Waals surface area contributed by atoms with Crippen molar-refractivity contribution in [2.45, 2.75) is 39.4 Å². The Balaban J connectivity index is 1.58. The smallest absolute Gasteiger partial charge is 0.0212 e. The molecular weight excluding hydrogens is 196 g/mol. The minimum atomic E-state index is 0.609. The number of benzene rings is 1. The van der Waals surface area contributed by atoms with Crippen LogP contribution in [0.25, 0.3) is 0 Å². The van der Waals surface area contributed by atoms with E-state index in [1.807, 2.05) is 0 Å². The minimum Gasteiger partial charge on any atom is -0.312 e. The summed E-state index contributed by atoms with van der Waals surface area (Å²) in [6.45, 7) is 6.64. The van der Waals surface area contributed by atoms with Crippen molar-refractivity contribution in [2.24, 2.45) is 5.41 Å². The fraction of sp³-hybridized carbons (Fsp3) is 0.571. The molecule has 2 heteroatoms. The molecule has 1 saturated carbocycles. The minimum absolute atomic E-state index is 0.609. The maximum absolute atomic E-state index is 3.57. The van der Waals surface area contributed by atoms with Crippen molar-refractivity contribution in [3.05, 3.63) is 34.9 Å². The number of hydrogen-bond acceptors (Lipinski definition) is 2. The summed E-state index contributed by atoms with van der Waals surface area (Å²) in [7, 11) is 0. The molecule has 0 atom stereocenters. The summed E-state index contributed by atoms with van der Waals surface area (Å²) < 4.78 is 0. The number of hydrogen-bond donors (Lipinski definition) is 2. The van der Waals surface area contributed by atoms with E-state index in [2.05, 4.69) is 35.8 Å². The van der Waals surface area contributed by atoms with Gasteiger partial charge in [-0.1, -0.05) is 25.1 Å². The molecule has 2 aliphatic rings. The molecule has 16 heavy (non-hydrogen) atoms. The third-order valence-corrected chi connectivity index (χ3v) is 3.89. The van der Waals surface area contributed by atoms with Crippen molar-refractivity contribution in [3.63, 3.8) is 0 Å². The van der Waals surface area contributed by atoms with Crippen molar-refractivity contribution >= 4 is 0 Å². The van der Waals surface area contributed by atoms with Gasteiger partial charge in [-0.3, -0.25) is 0 Å². The average molecular weight is 216 g/mol. The highest BCUT2D eigenvalue weighted by atomic mass is 14.9. The lowest BCUT2D eigenvalue weighted by molar-refractivity contribution is 0.499. The molecule has 1 aliphatic heterocycles. The van der Waals surface area contributed by atoms with Crippen LogP contribution in [0.1, 0.15) is 36.5 Å². The molecule has 1 aliphatic carbocycles. The lowest BCUT2D eigenvalue weighted by atomic mass is 10.1. The normalized spacial score (nSPS) is 20.8. The Morgan fingerprint density at radius 3 is 2.88 bits per heavy atom. The Kier molecular flexibility index (Phi) is 2.49. The van der Waals surface area contributed by atoms with Crippen LogP contribution in [-0.4, -0.2) is 6.54 Å². The molecule has 0 unspecified atom stereocenters. The van der Waals surface area contributed by atoms with Crippen LogP contribution in [0.2, 0.25) is 0 Å². The van der Waals surface area contributed by atoms with Crippen molar-refractivity contribution < 1.29 is 0 Å². The summed E-state index contributed by atoms with van der Waals surface area (Å²) in [5.41, 5.74) is 4.99. The third kappa shape index (κ3) is 2.13. The van der Waals surface area contributed by atoms with Crippen LogP contribution in [0.3, 0.4) is 0 Å². The second kappa shape index (κ2) is 3.86. The van der Waals surface area contributed by atoms with Crippen molar-refractivity contribution in [1.82, 2.24) is 10.6 Å². The average Bonchev–Trinajstić information content (AvgIpc) is 2.84. The lowest BCUT2D eigenvalue weighted by Crippen LogP contribution is -2.21. The predicted molar refractivity (Wildman–Crippen MR) is 66.0 cm³/mol. The Bertz CT molecular complexity index is 394. The molecule has 1 fully saturated rings. The molecule has 0 amide bonds. The first-order valence-electron chi connectivity index (χ1n) is 6.27. The van der Waals surface area contributed by atoms with E-state index in [1.165, 1.54) is 36.1 Å². The molecule has 0 saturated heterocycles. The van der Waals surface area contributed by atoms with Gasteiger partial charge in [-0.2, -0.15) is 0 Å². The maximum atomic E-state index is 3.57. The highest BCUT2D eigenvalue weighted by Crippen LogP contribution is 2.44. The first-order chi connectivity index (χ1) is 7.75. The van der Waals surface area contributed by atoms with Gasteiger partial charge in [0, 0.05) is 26.2 Å². The first-order valence-corrected chi connectivity index (χ1v) is 6.27. The van der Waals surface area contributed by atoms with Crippen LogP contribution < -0.4 is 10.6 Å². The Morgan fingerprint density at radius 2 is 2.06 bits per heavy atom. The largest absolute Gasteiger partial charge is 0.312 e. The van der Waals surface area contributed by atoms with Crippen LogP contribution in [0.5, 0.6) is 0 Å². The van der Waals surface area contributed by atoms with Gasteiger partial charge in [0.05, 0.1) is 0 Å². The van der Waals surface area contributed by atoms with Gasteiger partial charge in [0.15, 0.2) is 0 Å². The van der Waals surface area contributed by atoms with E-state index in [-0.39, 0.29) is 0 Å². The molecule has 1 aromatic carbocycles. The summed E-state index contributed by atoms with van der Waals surface area (Å²) in [6, 6.07) is 6.87. The molecule has 3 rings (SSSR count). The summed E-state index contributed by atoms with van der Waals surface area (Å²) in [5, 5.41) is 6.96. The molecule has 86 valence electrons. The molecule has 0 radical (unpaired) electrons. The Hall–Kier alpha value is -0.860. The van der Waals surface area contributed by atoms with Gasteiger partial charge >= 0.3 is 0 Å². The van der Waals surface area contributed by atoms with E-state index >= 15 is 0 Å². The van der Waals surface area contributed by atoms with Crippen LogP contribution >= 0.6 is 0 Å². The maximum Gasteiger partial charge on any atom is 0.0212 e. The molecular formula is C14H20N2. The fourth-order valence-electron chi connectivity index (χ4n) is 2.36. The zero-order valence-electron chi connectivity index (χ0n) is 9.97. The van der Waals surface area contributed by atoms with Crippen LogP contribution in [0.15, 0.2) is 18.2 Å². The predicted octanol–water partition coefficient (Wildman–Crippen LogP) is 2.18. The summed E-state index contributed by atoms with van der Waals surface area (Å²) in [6.07, 6.45) is 2.79. The second-order valence-electron chi connectivity index (χ2n) is 5.62. The van der Waals surface area contributed by atoms with Crippen LogP contribution in [0, 0.1) is 5.41 Å². The SMILES string of the molecule is CC1(CNCc2ccc3c(c2)CNC3)CC1. The zero-order chi connectivity index (χ0) is 11.0. The van der Waals surface area contributed by atoms with E-state index < -0.39 is 0 Å². The Labute approximate surface area is 97.4 Å². The van der Waals surface area contributed by atoms with Gasteiger partial charge in [0.1, 0.15) is 0 Å². The van der Waals surface area contributed by atoms with Gasteiger partial charge in [-0.05, 0) is 34.9 Å². The van der Waals surface area contributed by atoms with E-state index in [0.29, 0.717) is 5.41 Å². The third-order valence-electron chi connectivity index (χ3n) is 3.89. The molecule has 2 nitrogen and oxygen atoms in total. The lowest BCUT2D eigenvalue weighted by Gasteiger charge is -2.10. The molecule has 2 N–H and O–H groups in total. The molecule has 1 heterocycles.